The number of hydrogen-bond acceptors (Lipinski definition) is 0. The molecule has 9 heavy (non-hydrogen) atoms. The molecule has 0 aliphatic heterocycles. The molecule has 0 atom stereocenters. The van der Waals surface area contributed by atoms with Gasteiger partial charge < -0.3 is 0 Å². The Morgan fingerprint density at radius 2 is 2.11 bits per heavy atom. The van der Waals surface area contributed by atoms with E-state index in [4.69, 9.17) is 0 Å². The first-order valence-corrected chi connectivity index (χ1v) is 3.72. The van der Waals surface area contributed by atoms with E-state index in [2.05, 4.69) is 48.9 Å². The Bertz CT molecular complexity index is 220. The van der Waals surface area contributed by atoms with Gasteiger partial charge in [-0.15, -0.1) is 0 Å². The summed E-state index contributed by atoms with van der Waals surface area (Å²) in [7, 11) is 2.11. The highest BCUT2D eigenvalue weighted by Gasteiger charge is 1.90. The fourth-order valence-corrected chi connectivity index (χ4v) is 1.18. The topological polar surface area (TPSA) is 0 Å². The van der Waals surface area contributed by atoms with Crippen molar-refractivity contribution < 1.29 is 0 Å². The monoisotopic (exact) mass is 182 g/mol. The molecule has 0 fully saturated rings. The van der Waals surface area contributed by atoms with E-state index in [1.165, 1.54) is 11.0 Å². The Morgan fingerprint density at radius 3 is 2.56 bits per heavy atom. The van der Waals surface area contributed by atoms with Gasteiger partial charge in [0.25, 0.3) is 0 Å². The average Bonchev–Trinajstić information content (AvgIpc) is 1.80. The molecule has 0 N–H and O–H groups in total. The first-order valence-electron chi connectivity index (χ1n) is 2.93. The van der Waals surface area contributed by atoms with E-state index in [0.29, 0.717) is 0 Å². The van der Waals surface area contributed by atoms with Crippen LogP contribution in [-0.4, -0.2) is 7.85 Å². The smallest absolute Gasteiger partial charge is 0.0850 e. The molecule has 2 heteroatoms. The minimum Gasteiger partial charge on any atom is -0.0850 e. The van der Waals surface area contributed by atoms with Crippen LogP contribution in [0.5, 0.6) is 0 Å². The average molecular weight is 183 g/mol. The number of hydrogen-bond donors (Lipinski definition) is 0. The summed E-state index contributed by atoms with van der Waals surface area (Å²) in [6.07, 6.45) is 0. The molecule has 0 spiro atoms. The third kappa shape index (κ3) is 1.58. The van der Waals surface area contributed by atoms with Gasteiger partial charge in [-0.25, -0.2) is 0 Å². The summed E-state index contributed by atoms with van der Waals surface area (Å²) < 4.78 is 1.16. The maximum Gasteiger partial charge on any atom is 0.139 e. The molecule has 1 rings (SSSR count). The quantitative estimate of drug-likeness (QED) is 0.526. The van der Waals surface area contributed by atoms with Crippen molar-refractivity contribution in [1.29, 1.82) is 0 Å². The molecule has 0 heterocycles. The fraction of sp³-hybridized carbons (Fsp3) is 0.143. The molecule has 0 aromatic heterocycles. The standard InChI is InChI=1S/C7H8BBr/c1-5-2-3-6(9)4-7(5)8/h2-4H,8H2,1H3. The van der Waals surface area contributed by atoms with Gasteiger partial charge in [0.1, 0.15) is 7.85 Å². The van der Waals surface area contributed by atoms with Crippen molar-refractivity contribution in [2.24, 2.45) is 0 Å². The largest absolute Gasteiger partial charge is 0.139 e. The number of rotatable bonds is 0. The molecule has 46 valence electrons. The molecule has 0 saturated carbocycles. The molecule has 0 saturated heterocycles. The highest BCUT2D eigenvalue weighted by atomic mass is 79.9. The molecule has 0 radical (unpaired) electrons. The van der Waals surface area contributed by atoms with Gasteiger partial charge in [-0.05, 0) is 13.0 Å². The van der Waals surface area contributed by atoms with Crippen molar-refractivity contribution in [3.63, 3.8) is 0 Å². The normalized spacial score (nSPS) is 9.56. The van der Waals surface area contributed by atoms with Crippen LogP contribution in [0.2, 0.25) is 0 Å². The van der Waals surface area contributed by atoms with Gasteiger partial charge in [0.05, 0.1) is 0 Å². The Balaban J connectivity index is 3.17. The second-order valence-corrected chi connectivity index (χ2v) is 3.14. The highest BCUT2D eigenvalue weighted by molar-refractivity contribution is 9.10. The van der Waals surface area contributed by atoms with Crippen LogP contribution < -0.4 is 5.46 Å². The minimum absolute atomic E-state index is 1.16. The van der Waals surface area contributed by atoms with E-state index in [9.17, 15) is 0 Å². The van der Waals surface area contributed by atoms with Crippen molar-refractivity contribution in [3.8, 4) is 0 Å². The van der Waals surface area contributed by atoms with E-state index in [1.54, 1.807) is 0 Å². The van der Waals surface area contributed by atoms with Gasteiger partial charge in [0.2, 0.25) is 0 Å². The predicted molar refractivity (Wildman–Crippen MR) is 47.1 cm³/mol. The van der Waals surface area contributed by atoms with E-state index in [-0.39, 0.29) is 0 Å². The van der Waals surface area contributed by atoms with Crippen LogP contribution >= 0.6 is 15.9 Å². The van der Waals surface area contributed by atoms with E-state index >= 15 is 0 Å². The molecule has 0 amide bonds. The zero-order valence-electron chi connectivity index (χ0n) is 5.61. The number of benzene rings is 1. The third-order valence-corrected chi connectivity index (χ3v) is 1.96. The predicted octanol–water partition coefficient (Wildman–Crippen LogP) is 1.02. The van der Waals surface area contributed by atoms with Crippen molar-refractivity contribution in [2.45, 2.75) is 6.92 Å². The van der Waals surface area contributed by atoms with Gasteiger partial charge >= 0.3 is 0 Å². The SMILES string of the molecule is Bc1cc(Br)ccc1C. The van der Waals surface area contributed by atoms with Crippen LogP contribution in [0.15, 0.2) is 22.7 Å². The maximum absolute atomic E-state index is 3.40. The van der Waals surface area contributed by atoms with Gasteiger partial charge in [-0.3, -0.25) is 0 Å². The van der Waals surface area contributed by atoms with Crippen molar-refractivity contribution >= 4 is 29.2 Å². The zero-order valence-corrected chi connectivity index (χ0v) is 7.20. The van der Waals surface area contributed by atoms with Crippen LogP contribution in [0.4, 0.5) is 0 Å². The molecular weight excluding hydrogens is 175 g/mol. The molecule has 0 bridgehead atoms. The lowest BCUT2D eigenvalue weighted by atomic mass is 9.92. The van der Waals surface area contributed by atoms with Crippen molar-refractivity contribution in [3.05, 3.63) is 28.2 Å². The lowest BCUT2D eigenvalue weighted by Gasteiger charge is -1.97. The first kappa shape index (κ1) is 6.88. The molecule has 1 aromatic rings. The summed E-state index contributed by atoms with van der Waals surface area (Å²) in [4.78, 5) is 0. The summed E-state index contributed by atoms with van der Waals surface area (Å²) in [5.41, 5.74) is 2.68. The maximum atomic E-state index is 3.40. The second kappa shape index (κ2) is 2.57. The van der Waals surface area contributed by atoms with Gasteiger partial charge in [0, 0.05) is 4.47 Å². The summed E-state index contributed by atoms with van der Waals surface area (Å²) in [5, 5.41) is 0. The summed E-state index contributed by atoms with van der Waals surface area (Å²) in [5.74, 6) is 0. The lowest BCUT2D eigenvalue weighted by molar-refractivity contribution is 1.50. The van der Waals surface area contributed by atoms with Gasteiger partial charge in [-0.2, -0.15) is 0 Å². The molecule has 0 nitrogen and oxygen atoms in total. The lowest BCUT2D eigenvalue weighted by Crippen LogP contribution is -2.05. The van der Waals surface area contributed by atoms with Crippen molar-refractivity contribution in [2.75, 3.05) is 0 Å². The minimum atomic E-state index is 1.16. The fourth-order valence-electron chi connectivity index (χ4n) is 0.705. The zero-order chi connectivity index (χ0) is 6.85. The van der Waals surface area contributed by atoms with E-state index in [0.717, 1.165) is 4.47 Å². The second-order valence-electron chi connectivity index (χ2n) is 2.23. The molecular formula is C7H8BBr. The summed E-state index contributed by atoms with van der Waals surface area (Å²) in [6.45, 7) is 2.11. The van der Waals surface area contributed by atoms with E-state index in [1.807, 2.05) is 0 Å². The van der Waals surface area contributed by atoms with Gasteiger partial charge in [0.15, 0.2) is 0 Å². The van der Waals surface area contributed by atoms with Crippen LogP contribution in [0.3, 0.4) is 0 Å². The Kier molecular flexibility index (Phi) is 1.96. The number of halogens is 1. The molecule has 0 aliphatic rings. The van der Waals surface area contributed by atoms with Gasteiger partial charge in [-0.1, -0.05) is 39.1 Å². The third-order valence-electron chi connectivity index (χ3n) is 1.47. The van der Waals surface area contributed by atoms with Crippen LogP contribution in [0.1, 0.15) is 5.56 Å². The first-order chi connectivity index (χ1) is 4.20. The van der Waals surface area contributed by atoms with Crippen LogP contribution in [0, 0.1) is 6.92 Å². The van der Waals surface area contributed by atoms with Crippen LogP contribution in [0.25, 0.3) is 0 Å². The number of aryl methyl sites for hydroxylation is 1. The van der Waals surface area contributed by atoms with Crippen molar-refractivity contribution in [1.82, 2.24) is 0 Å². The molecule has 0 aliphatic carbocycles. The molecule has 1 aromatic carbocycles. The molecule has 0 unspecified atom stereocenters. The Morgan fingerprint density at radius 1 is 1.44 bits per heavy atom. The summed E-state index contributed by atoms with van der Waals surface area (Å²) >= 11 is 3.40. The Hall–Kier alpha value is -0.235. The highest BCUT2D eigenvalue weighted by Crippen LogP contribution is 2.06. The summed E-state index contributed by atoms with van der Waals surface area (Å²) in [6, 6.07) is 6.29. The van der Waals surface area contributed by atoms with Crippen LogP contribution in [-0.2, 0) is 0 Å². The Labute approximate surface area is 64.8 Å². The van der Waals surface area contributed by atoms with E-state index < -0.39 is 0 Å².